The summed E-state index contributed by atoms with van der Waals surface area (Å²) in [4.78, 5) is 36.2. The fourth-order valence-corrected chi connectivity index (χ4v) is 5.04. The van der Waals surface area contributed by atoms with Gasteiger partial charge in [0.1, 0.15) is 17.2 Å². The SMILES string of the molecule is CC(C)(C)OC(=O)N1CCc2nc(NC(=O)COCc3nc4ccccc4s3)sc2C1. The molecular weight excluding hydrogens is 436 g/mol. The number of carbonyl (C=O) groups excluding carboxylic acids is 2. The Labute approximate surface area is 188 Å². The number of fused-ring (bicyclic) bond motifs is 2. The summed E-state index contributed by atoms with van der Waals surface area (Å²) in [5.41, 5.74) is 1.31. The first-order valence-corrected chi connectivity index (χ1v) is 11.6. The highest BCUT2D eigenvalue weighted by atomic mass is 32.1. The lowest BCUT2D eigenvalue weighted by Crippen LogP contribution is -2.39. The van der Waals surface area contributed by atoms with Crippen LogP contribution in [0.2, 0.25) is 0 Å². The molecular formula is C21H24N4O4S2. The fourth-order valence-electron chi connectivity index (χ4n) is 3.10. The Morgan fingerprint density at radius 1 is 1.19 bits per heavy atom. The van der Waals surface area contributed by atoms with Gasteiger partial charge in [0.05, 0.1) is 29.1 Å². The van der Waals surface area contributed by atoms with Gasteiger partial charge in [-0.15, -0.1) is 11.3 Å². The van der Waals surface area contributed by atoms with E-state index in [4.69, 9.17) is 9.47 Å². The Morgan fingerprint density at radius 2 is 2.00 bits per heavy atom. The van der Waals surface area contributed by atoms with Crippen LogP contribution in [0.25, 0.3) is 10.2 Å². The van der Waals surface area contributed by atoms with Crippen molar-refractivity contribution >= 4 is 50.0 Å². The van der Waals surface area contributed by atoms with Crippen LogP contribution in [0, 0.1) is 0 Å². The molecule has 0 spiro atoms. The molecule has 4 rings (SSSR count). The normalized spacial score (nSPS) is 13.8. The van der Waals surface area contributed by atoms with E-state index in [2.05, 4.69) is 15.3 Å². The predicted molar refractivity (Wildman–Crippen MR) is 120 cm³/mol. The molecule has 0 saturated carbocycles. The van der Waals surface area contributed by atoms with Crippen LogP contribution in [0.5, 0.6) is 0 Å². The number of ether oxygens (including phenoxy) is 2. The molecule has 0 saturated heterocycles. The number of amides is 2. The highest BCUT2D eigenvalue weighted by molar-refractivity contribution is 7.18. The number of aromatic nitrogens is 2. The first-order chi connectivity index (χ1) is 14.8. The third-order valence-electron chi connectivity index (χ3n) is 4.43. The maximum Gasteiger partial charge on any atom is 0.410 e. The maximum absolute atomic E-state index is 12.3. The van der Waals surface area contributed by atoms with Gasteiger partial charge in [-0.3, -0.25) is 10.1 Å². The summed E-state index contributed by atoms with van der Waals surface area (Å²) in [6.45, 7) is 6.73. The molecule has 0 bridgehead atoms. The number of benzene rings is 1. The minimum Gasteiger partial charge on any atom is -0.444 e. The minimum atomic E-state index is -0.532. The second-order valence-electron chi connectivity index (χ2n) is 8.16. The smallest absolute Gasteiger partial charge is 0.410 e. The number of nitrogens with zero attached hydrogens (tertiary/aromatic N) is 3. The van der Waals surface area contributed by atoms with Gasteiger partial charge in [0.25, 0.3) is 5.91 Å². The fraction of sp³-hybridized carbons (Fsp3) is 0.429. The van der Waals surface area contributed by atoms with Gasteiger partial charge < -0.3 is 14.4 Å². The molecule has 3 heterocycles. The molecule has 2 aromatic heterocycles. The topological polar surface area (TPSA) is 93.7 Å². The zero-order valence-electron chi connectivity index (χ0n) is 17.6. The Bertz CT molecular complexity index is 1070. The molecule has 2 amide bonds. The Kier molecular flexibility index (Phi) is 6.22. The van der Waals surface area contributed by atoms with E-state index >= 15 is 0 Å². The van der Waals surface area contributed by atoms with Crippen LogP contribution in [0.3, 0.4) is 0 Å². The number of para-hydroxylation sites is 1. The molecule has 31 heavy (non-hydrogen) atoms. The second-order valence-corrected chi connectivity index (χ2v) is 10.4. The van der Waals surface area contributed by atoms with Crippen molar-refractivity contribution in [2.24, 2.45) is 0 Å². The van der Waals surface area contributed by atoms with Gasteiger partial charge in [0.2, 0.25) is 0 Å². The van der Waals surface area contributed by atoms with Crippen LogP contribution in [0.1, 0.15) is 36.3 Å². The number of carbonyl (C=O) groups is 2. The average molecular weight is 461 g/mol. The number of rotatable bonds is 5. The van der Waals surface area contributed by atoms with Crippen molar-refractivity contribution in [3.05, 3.63) is 39.8 Å². The summed E-state index contributed by atoms with van der Waals surface area (Å²) >= 11 is 2.93. The number of thiazole rings is 2. The van der Waals surface area contributed by atoms with E-state index in [1.165, 1.54) is 11.3 Å². The van der Waals surface area contributed by atoms with Crippen LogP contribution < -0.4 is 5.32 Å². The van der Waals surface area contributed by atoms with Crippen molar-refractivity contribution in [3.8, 4) is 0 Å². The van der Waals surface area contributed by atoms with Crippen LogP contribution in [0.15, 0.2) is 24.3 Å². The predicted octanol–water partition coefficient (Wildman–Crippen LogP) is 4.20. The number of hydrogen-bond acceptors (Lipinski definition) is 8. The minimum absolute atomic E-state index is 0.0792. The van der Waals surface area contributed by atoms with Gasteiger partial charge in [0.15, 0.2) is 5.13 Å². The van der Waals surface area contributed by atoms with Gasteiger partial charge in [-0.1, -0.05) is 23.5 Å². The molecule has 0 atom stereocenters. The highest BCUT2D eigenvalue weighted by Crippen LogP contribution is 2.29. The average Bonchev–Trinajstić information content (AvgIpc) is 3.28. The summed E-state index contributed by atoms with van der Waals surface area (Å²) in [5, 5.41) is 4.14. The van der Waals surface area contributed by atoms with Gasteiger partial charge >= 0.3 is 6.09 Å². The van der Waals surface area contributed by atoms with E-state index in [1.54, 1.807) is 16.2 Å². The van der Waals surface area contributed by atoms with Gasteiger partial charge in [-0.05, 0) is 32.9 Å². The van der Waals surface area contributed by atoms with Crippen molar-refractivity contribution in [2.75, 3.05) is 18.5 Å². The molecule has 0 aliphatic carbocycles. The quantitative estimate of drug-likeness (QED) is 0.613. The monoisotopic (exact) mass is 460 g/mol. The summed E-state index contributed by atoms with van der Waals surface area (Å²) in [5.74, 6) is -0.267. The van der Waals surface area contributed by atoms with Crippen LogP contribution in [0.4, 0.5) is 9.93 Å². The summed E-state index contributed by atoms with van der Waals surface area (Å²) < 4.78 is 12.1. The Hall–Kier alpha value is -2.56. The second kappa shape index (κ2) is 8.89. The van der Waals surface area contributed by atoms with Crippen LogP contribution in [-0.4, -0.2) is 45.6 Å². The maximum atomic E-state index is 12.3. The van der Waals surface area contributed by atoms with E-state index in [1.807, 2.05) is 45.0 Å². The molecule has 1 N–H and O–H groups in total. The van der Waals surface area contributed by atoms with Gasteiger partial charge in [-0.2, -0.15) is 0 Å². The first kappa shape index (κ1) is 21.7. The summed E-state index contributed by atoms with van der Waals surface area (Å²) in [7, 11) is 0. The third kappa shape index (κ3) is 5.57. The number of anilines is 1. The molecule has 8 nitrogen and oxygen atoms in total. The first-order valence-electron chi connectivity index (χ1n) is 9.95. The van der Waals surface area contributed by atoms with E-state index in [-0.39, 0.29) is 25.2 Å². The molecule has 0 unspecified atom stereocenters. The summed E-state index contributed by atoms with van der Waals surface area (Å²) in [6, 6.07) is 7.88. The Balaban J connectivity index is 1.27. The van der Waals surface area contributed by atoms with Crippen LogP contribution in [-0.2, 0) is 33.8 Å². The molecule has 0 fully saturated rings. The zero-order chi connectivity index (χ0) is 22.0. The lowest BCUT2D eigenvalue weighted by molar-refractivity contribution is -0.121. The van der Waals surface area contributed by atoms with Gasteiger partial charge in [0, 0.05) is 17.8 Å². The standard InChI is InChI=1S/C21H24N4O4S2/c1-21(2,3)29-20(27)25-9-8-14-16(10-25)31-19(23-14)24-17(26)11-28-12-18-22-13-6-4-5-7-15(13)30-18/h4-7H,8-12H2,1-3H3,(H,23,24,26). The van der Waals surface area contributed by atoms with Crippen molar-refractivity contribution in [3.63, 3.8) is 0 Å². The third-order valence-corrected chi connectivity index (χ3v) is 6.43. The van der Waals surface area contributed by atoms with Gasteiger partial charge in [-0.25, -0.2) is 14.8 Å². The number of nitrogens with one attached hydrogen (secondary N) is 1. The lowest BCUT2D eigenvalue weighted by Gasteiger charge is -2.29. The number of hydrogen-bond donors (Lipinski definition) is 1. The molecule has 10 heteroatoms. The molecule has 1 aliphatic rings. The van der Waals surface area contributed by atoms with Crippen LogP contribution >= 0.6 is 22.7 Å². The van der Waals surface area contributed by atoms with E-state index < -0.39 is 5.60 Å². The summed E-state index contributed by atoms with van der Waals surface area (Å²) in [6.07, 6.45) is 0.301. The zero-order valence-corrected chi connectivity index (χ0v) is 19.3. The van der Waals surface area contributed by atoms with E-state index in [9.17, 15) is 9.59 Å². The Morgan fingerprint density at radius 3 is 2.77 bits per heavy atom. The molecule has 1 aromatic carbocycles. The lowest BCUT2D eigenvalue weighted by atomic mass is 10.2. The van der Waals surface area contributed by atoms with Crippen molar-refractivity contribution < 1.29 is 19.1 Å². The van der Waals surface area contributed by atoms with E-state index in [0.29, 0.717) is 24.6 Å². The molecule has 1 aliphatic heterocycles. The van der Waals surface area contributed by atoms with Crippen molar-refractivity contribution in [2.45, 2.75) is 45.9 Å². The molecule has 164 valence electrons. The van der Waals surface area contributed by atoms with E-state index in [0.717, 1.165) is 25.8 Å². The van der Waals surface area contributed by atoms with Crippen molar-refractivity contribution in [1.29, 1.82) is 0 Å². The molecule has 3 aromatic rings. The van der Waals surface area contributed by atoms with Crippen molar-refractivity contribution in [1.82, 2.24) is 14.9 Å². The molecule has 0 radical (unpaired) electrons. The largest absolute Gasteiger partial charge is 0.444 e. The highest BCUT2D eigenvalue weighted by Gasteiger charge is 2.28.